The normalized spacial score (nSPS) is 11.3. The van der Waals surface area contributed by atoms with Gasteiger partial charge in [0.1, 0.15) is 17.1 Å². The zero-order valence-electron chi connectivity index (χ0n) is 11.1. The van der Waals surface area contributed by atoms with Crippen LogP contribution in [0.5, 0.6) is 11.6 Å². The van der Waals surface area contributed by atoms with Gasteiger partial charge in [-0.05, 0) is 36.8 Å². The predicted octanol–water partition coefficient (Wildman–Crippen LogP) is 4.04. The van der Waals surface area contributed by atoms with Crippen LogP contribution >= 0.6 is 0 Å². The number of hydrogen-bond acceptors (Lipinski definition) is 3. The molecule has 0 atom stereocenters. The van der Waals surface area contributed by atoms with E-state index in [-0.39, 0.29) is 5.75 Å². The van der Waals surface area contributed by atoms with Gasteiger partial charge in [0.05, 0.1) is 5.56 Å². The first-order chi connectivity index (χ1) is 10.2. The summed E-state index contributed by atoms with van der Waals surface area (Å²) in [6.07, 6.45) is -4.25. The summed E-state index contributed by atoms with van der Waals surface area (Å²) in [6.45, 7) is 1.50. The van der Waals surface area contributed by atoms with Crippen molar-refractivity contribution >= 4 is 5.97 Å². The minimum absolute atomic E-state index is 0.0937. The fraction of sp³-hybridized carbons (Fsp3) is 0.143. The molecule has 0 aliphatic heterocycles. The first-order valence-corrected chi connectivity index (χ1v) is 5.93. The first-order valence-electron chi connectivity index (χ1n) is 5.93. The standard InChI is InChI=1S/C14H9F4NO3/c1-7-4-9(15)2-3-11(7)22-12-10(13(20)21)5-8(6-19-12)14(16,17)18/h2-6H,1H3,(H,20,21). The molecule has 0 aliphatic rings. The maximum absolute atomic E-state index is 13.0. The lowest BCUT2D eigenvalue weighted by Gasteiger charge is -2.12. The summed E-state index contributed by atoms with van der Waals surface area (Å²) in [5.74, 6) is -2.55. The van der Waals surface area contributed by atoms with Crippen molar-refractivity contribution in [2.24, 2.45) is 0 Å². The number of benzene rings is 1. The lowest BCUT2D eigenvalue weighted by atomic mass is 10.2. The van der Waals surface area contributed by atoms with E-state index in [9.17, 15) is 22.4 Å². The molecule has 1 heterocycles. The summed E-state index contributed by atoms with van der Waals surface area (Å²) in [7, 11) is 0. The van der Waals surface area contributed by atoms with E-state index in [4.69, 9.17) is 9.84 Å². The van der Waals surface area contributed by atoms with Gasteiger partial charge in [-0.25, -0.2) is 14.2 Å². The third-order valence-corrected chi connectivity index (χ3v) is 2.75. The maximum Gasteiger partial charge on any atom is 0.417 e. The van der Waals surface area contributed by atoms with Gasteiger partial charge >= 0.3 is 12.1 Å². The molecule has 0 aliphatic carbocycles. The highest BCUT2D eigenvalue weighted by molar-refractivity contribution is 5.90. The first kappa shape index (κ1) is 15.7. The Kier molecular flexibility index (Phi) is 4.03. The average molecular weight is 315 g/mol. The Bertz CT molecular complexity index is 729. The van der Waals surface area contributed by atoms with E-state index in [1.807, 2.05) is 0 Å². The van der Waals surface area contributed by atoms with Crippen molar-refractivity contribution in [1.82, 2.24) is 4.98 Å². The summed E-state index contributed by atoms with van der Waals surface area (Å²) < 4.78 is 55.9. The van der Waals surface area contributed by atoms with Crippen LogP contribution in [0.25, 0.3) is 0 Å². The van der Waals surface area contributed by atoms with E-state index in [0.717, 1.165) is 12.1 Å². The molecule has 0 fully saturated rings. The van der Waals surface area contributed by atoms with Crippen LogP contribution in [0.2, 0.25) is 0 Å². The van der Waals surface area contributed by atoms with Crippen molar-refractivity contribution in [1.29, 1.82) is 0 Å². The molecule has 0 amide bonds. The van der Waals surface area contributed by atoms with Gasteiger partial charge in [-0.15, -0.1) is 0 Å². The van der Waals surface area contributed by atoms with E-state index >= 15 is 0 Å². The molecule has 4 nitrogen and oxygen atoms in total. The van der Waals surface area contributed by atoms with Crippen LogP contribution in [0.15, 0.2) is 30.5 Å². The second-order valence-electron chi connectivity index (χ2n) is 4.39. The number of aromatic nitrogens is 1. The number of aromatic carboxylic acids is 1. The highest BCUT2D eigenvalue weighted by Crippen LogP contribution is 2.33. The molecule has 1 N–H and O–H groups in total. The fourth-order valence-corrected chi connectivity index (χ4v) is 1.67. The Hall–Kier alpha value is -2.64. The Morgan fingerprint density at radius 2 is 1.95 bits per heavy atom. The molecular formula is C14H9F4NO3. The zero-order valence-corrected chi connectivity index (χ0v) is 11.1. The second-order valence-corrected chi connectivity index (χ2v) is 4.39. The molecule has 0 unspecified atom stereocenters. The molecule has 1 aromatic heterocycles. The smallest absolute Gasteiger partial charge is 0.417 e. The fourth-order valence-electron chi connectivity index (χ4n) is 1.67. The van der Waals surface area contributed by atoms with E-state index < -0.39 is 35.0 Å². The highest BCUT2D eigenvalue weighted by atomic mass is 19.4. The number of aryl methyl sites for hydroxylation is 1. The molecule has 0 saturated heterocycles. The number of carboxylic acids is 1. The minimum atomic E-state index is -4.72. The third kappa shape index (κ3) is 3.33. The van der Waals surface area contributed by atoms with Crippen molar-refractivity contribution in [2.75, 3.05) is 0 Å². The number of pyridine rings is 1. The quantitative estimate of drug-likeness (QED) is 0.869. The number of ether oxygens (including phenoxy) is 1. The molecule has 8 heteroatoms. The Balaban J connectivity index is 2.44. The Morgan fingerprint density at radius 1 is 1.27 bits per heavy atom. The number of rotatable bonds is 3. The second kappa shape index (κ2) is 5.63. The number of alkyl halides is 3. The lowest BCUT2D eigenvalue weighted by molar-refractivity contribution is -0.137. The van der Waals surface area contributed by atoms with Crippen LogP contribution in [0.4, 0.5) is 17.6 Å². The zero-order chi connectivity index (χ0) is 16.5. The SMILES string of the molecule is Cc1cc(F)ccc1Oc1ncc(C(F)(F)F)cc1C(=O)O. The topological polar surface area (TPSA) is 59.4 Å². The van der Waals surface area contributed by atoms with Gasteiger partial charge in [-0.3, -0.25) is 0 Å². The molecule has 116 valence electrons. The van der Waals surface area contributed by atoms with Gasteiger partial charge in [0.15, 0.2) is 0 Å². The van der Waals surface area contributed by atoms with Crippen molar-refractivity contribution in [3.8, 4) is 11.6 Å². The van der Waals surface area contributed by atoms with E-state index in [1.54, 1.807) is 0 Å². The van der Waals surface area contributed by atoms with Crippen molar-refractivity contribution < 1.29 is 32.2 Å². The van der Waals surface area contributed by atoms with Gasteiger partial charge in [-0.1, -0.05) is 0 Å². The number of halogens is 4. The summed E-state index contributed by atoms with van der Waals surface area (Å²) in [4.78, 5) is 14.5. The molecule has 2 aromatic rings. The van der Waals surface area contributed by atoms with Gasteiger partial charge in [0, 0.05) is 6.20 Å². The number of carboxylic acid groups (broad SMARTS) is 1. The number of nitrogens with zero attached hydrogens (tertiary/aromatic N) is 1. The van der Waals surface area contributed by atoms with Crippen LogP contribution in [-0.4, -0.2) is 16.1 Å². The van der Waals surface area contributed by atoms with Crippen molar-refractivity contribution in [3.05, 3.63) is 53.0 Å². The molecule has 0 bridgehead atoms. The molecule has 0 saturated carbocycles. The van der Waals surface area contributed by atoms with Crippen molar-refractivity contribution in [2.45, 2.75) is 13.1 Å². The minimum Gasteiger partial charge on any atom is -0.477 e. The highest BCUT2D eigenvalue weighted by Gasteiger charge is 2.33. The molecular weight excluding hydrogens is 306 g/mol. The summed E-state index contributed by atoms with van der Waals surface area (Å²) in [5, 5.41) is 9.00. The van der Waals surface area contributed by atoms with Crippen LogP contribution in [-0.2, 0) is 6.18 Å². The largest absolute Gasteiger partial charge is 0.477 e. The number of hydrogen-bond donors (Lipinski definition) is 1. The van der Waals surface area contributed by atoms with Gasteiger partial charge < -0.3 is 9.84 Å². The Labute approximate surface area is 122 Å². The molecule has 0 radical (unpaired) electrons. The molecule has 1 aromatic carbocycles. The van der Waals surface area contributed by atoms with E-state index in [0.29, 0.717) is 17.8 Å². The van der Waals surface area contributed by atoms with Crippen LogP contribution < -0.4 is 4.74 Å². The third-order valence-electron chi connectivity index (χ3n) is 2.75. The molecule has 22 heavy (non-hydrogen) atoms. The van der Waals surface area contributed by atoms with Gasteiger partial charge in [-0.2, -0.15) is 13.2 Å². The van der Waals surface area contributed by atoms with E-state index in [1.165, 1.54) is 13.0 Å². The number of carbonyl (C=O) groups is 1. The van der Waals surface area contributed by atoms with Crippen LogP contribution in [0, 0.1) is 12.7 Å². The van der Waals surface area contributed by atoms with Gasteiger partial charge in [0.25, 0.3) is 0 Å². The molecule has 0 spiro atoms. The van der Waals surface area contributed by atoms with Crippen LogP contribution in [0.3, 0.4) is 0 Å². The monoisotopic (exact) mass is 315 g/mol. The van der Waals surface area contributed by atoms with Crippen molar-refractivity contribution in [3.63, 3.8) is 0 Å². The average Bonchev–Trinajstić information content (AvgIpc) is 2.40. The lowest BCUT2D eigenvalue weighted by Crippen LogP contribution is -2.10. The van der Waals surface area contributed by atoms with Gasteiger partial charge in [0.2, 0.25) is 5.88 Å². The molecule has 2 rings (SSSR count). The summed E-state index contributed by atoms with van der Waals surface area (Å²) in [5.41, 5.74) is -1.59. The predicted molar refractivity (Wildman–Crippen MR) is 67.4 cm³/mol. The van der Waals surface area contributed by atoms with E-state index in [2.05, 4.69) is 4.98 Å². The summed E-state index contributed by atoms with van der Waals surface area (Å²) >= 11 is 0. The maximum atomic E-state index is 13.0. The Morgan fingerprint density at radius 3 is 2.50 bits per heavy atom. The summed E-state index contributed by atoms with van der Waals surface area (Å²) in [6, 6.07) is 3.88. The van der Waals surface area contributed by atoms with Crippen LogP contribution in [0.1, 0.15) is 21.5 Å².